The summed E-state index contributed by atoms with van der Waals surface area (Å²) in [6.45, 7) is 0. The van der Waals surface area contributed by atoms with E-state index < -0.39 is 12.0 Å². The number of carbonyl (C=O) groups excluding carboxylic acids is 1. The van der Waals surface area contributed by atoms with Crippen molar-refractivity contribution in [3.05, 3.63) is 0 Å². The lowest BCUT2D eigenvalue weighted by atomic mass is 10.2. The minimum atomic E-state index is -0.901. The zero-order chi connectivity index (χ0) is 8.43. The third kappa shape index (κ3) is 1.69. The molecule has 1 rings (SSSR count). The molecule has 0 bridgehead atoms. The van der Waals surface area contributed by atoms with Crippen LogP contribution in [0.1, 0.15) is 12.8 Å². The molecule has 0 aromatic carbocycles. The van der Waals surface area contributed by atoms with E-state index in [9.17, 15) is 9.59 Å². The first-order valence-corrected chi connectivity index (χ1v) is 3.57. The highest BCUT2D eigenvalue weighted by Gasteiger charge is 2.38. The number of rotatable bonds is 4. The van der Waals surface area contributed by atoms with Gasteiger partial charge in [-0.15, -0.1) is 0 Å². The Hall–Kier alpha value is -1.06. The van der Waals surface area contributed by atoms with Gasteiger partial charge < -0.3 is 10.0 Å². The van der Waals surface area contributed by atoms with Gasteiger partial charge in [-0.05, 0) is 18.8 Å². The maximum absolute atomic E-state index is 10.6. The van der Waals surface area contributed by atoms with Crippen LogP contribution in [0.2, 0.25) is 0 Å². The molecule has 0 aliphatic heterocycles. The van der Waals surface area contributed by atoms with Crippen molar-refractivity contribution in [2.24, 2.45) is 5.92 Å². The molecule has 0 spiro atoms. The highest BCUT2D eigenvalue weighted by atomic mass is 16.4. The summed E-state index contributed by atoms with van der Waals surface area (Å²) >= 11 is 0. The Labute approximate surface area is 64.8 Å². The number of nitrogens with zero attached hydrogens (tertiary/aromatic N) is 1. The second-order valence-corrected chi connectivity index (χ2v) is 2.89. The smallest absolute Gasteiger partial charge is 0.326 e. The van der Waals surface area contributed by atoms with E-state index in [1.54, 1.807) is 0 Å². The molecule has 1 aliphatic carbocycles. The molecular weight excluding hydrogens is 146 g/mol. The minimum Gasteiger partial charge on any atom is -0.480 e. The second-order valence-electron chi connectivity index (χ2n) is 2.89. The van der Waals surface area contributed by atoms with Gasteiger partial charge in [-0.1, -0.05) is 0 Å². The molecule has 62 valence electrons. The summed E-state index contributed by atoms with van der Waals surface area (Å²) in [5, 5.41) is 8.68. The standard InChI is InChI=1S/C7H11NO3/c1-8(4-9)6(7(10)11)5-2-3-5/h4-6H,2-3H2,1H3,(H,10,11). The zero-order valence-corrected chi connectivity index (χ0v) is 6.36. The van der Waals surface area contributed by atoms with Crippen LogP contribution >= 0.6 is 0 Å². The third-order valence-electron chi connectivity index (χ3n) is 1.93. The fourth-order valence-electron chi connectivity index (χ4n) is 1.19. The van der Waals surface area contributed by atoms with Crippen LogP contribution in [-0.2, 0) is 9.59 Å². The van der Waals surface area contributed by atoms with Crippen LogP contribution in [0.4, 0.5) is 0 Å². The van der Waals surface area contributed by atoms with Crippen molar-refractivity contribution >= 4 is 12.4 Å². The summed E-state index contributed by atoms with van der Waals surface area (Å²) < 4.78 is 0. The van der Waals surface area contributed by atoms with Crippen LogP contribution in [0.15, 0.2) is 0 Å². The van der Waals surface area contributed by atoms with E-state index in [-0.39, 0.29) is 5.92 Å². The normalized spacial score (nSPS) is 19.0. The van der Waals surface area contributed by atoms with Gasteiger partial charge in [-0.3, -0.25) is 4.79 Å². The van der Waals surface area contributed by atoms with E-state index in [1.807, 2.05) is 0 Å². The molecule has 1 atom stereocenters. The van der Waals surface area contributed by atoms with Crippen LogP contribution in [0, 0.1) is 5.92 Å². The summed E-state index contributed by atoms with van der Waals surface area (Å²) in [6.07, 6.45) is 2.42. The molecule has 0 heterocycles. The Morgan fingerprint density at radius 3 is 2.55 bits per heavy atom. The Morgan fingerprint density at radius 2 is 2.27 bits per heavy atom. The van der Waals surface area contributed by atoms with Crippen LogP contribution in [0.5, 0.6) is 0 Å². The fourth-order valence-corrected chi connectivity index (χ4v) is 1.19. The van der Waals surface area contributed by atoms with Gasteiger partial charge in [0.05, 0.1) is 0 Å². The van der Waals surface area contributed by atoms with E-state index in [4.69, 9.17) is 5.11 Å². The van der Waals surface area contributed by atoms with Crippen molar-refractivity contribution in [1.82, 2.24) is 4.90 Å². The van der Waals surface area contributed by atoms with Gasteiger partial charge in [-0.2, -0.15) is 0 Å². The van der Waals surface area contributed by atoms with Crippen molar-refractivity contribution in [3.8, 4) is 0 Å². The van der Waals surface area contributed by atoms with Crippen molar-refractivity contribution < 1.29 is 14.7 Å². The number of carboxylic acid groups (broad SMARTS) is 1. The van der Waals surface area contributed by atoms with Gasteiger partial charge in [-0.25, -0.2) is 4.79 Å². The average Bonchev–Trinajstić information content (AvgIpc) is 2.71. The van der Waals surface area contributed by atoms with Gasteiger partial charge >= 0.3 is 5.97 Å². The van der Waals surface area contributed by atoms with Crippen molar-refractivity contribution in [3.63, 3.8) is 0 Å². The molecule has 0 aromatic heterocycles. The van der Waals surface area contributed by atoms with Gasteiger partial charge in [0.1, 0.15) is 6.04 Å². The second kappa shape index (κ2) is 2.90. The monoisotopic (exact) mass is 157 g/mol. The summed E-state index contributed by atoms with van der Waals surface area (Å²) in [7, 11) is 1.50. The SMILES string of the molecule is CN(C=O)C(C(=O)O)C1CC1. The Bertz CT molecular complexity index is 177. The molecule has 11 heavy (non-hydrogen) atoms. The Morgan fingerprint density at radius 1 is 1.73 bits per heavy atom. The average molecular weight is 157 g/mol. The molecule has 1 amide bonds. The van der Waals surface area contributed by atoms with E-state index in [0.29, 0.717) is 6.41 Å². The Balaban J connectivity index is 2.57. The number of carbonyl (C=O) groups is 2. The van der Waals surface area contributed by atoms with Gasteiger partial charge in [0.15, 0.2) is 0 Å². The highest BCUT2D eigenvalue weighted by molar-refractivity contribution is 5.77. The summed E-state index contributed by atoms with van der Waals surface area (Å²) in [6, 6.07) is -0.604. The van der Waals surface area contributed by atoms with Crippen molar-refractivity contribution in [2.45, 2.75) is 18.9 Å². The van der Waals surface area contributed by atoms with Crippen LogP contribution in [0.3, 0.4) is 0 Å². The largest absolute Gasteiger partial charge is 0.480 e. The lowest BCUT2D eigenvalue weighted by Gasteiger charge is -2.19. The number of carboxylic acids is 1. The molecule has 1 N–H and O–H groups in total. The van der Waals surface area contributed by atoms with Crippen LogP contribution in [0.25, 0.3) is 0 Å². The number of likely N-dealkylation sites (N-methyl/N-ethyl adjacent to an activating group) is 1. The number of hydrogen-bond donors (Lipinski definition) is 1. The number of amides is 1. The first kappa shape index (κ1) is 8.04. The van der Waals surface area contributed by atoms with Crippen molar-refractivity contribution in [1.29, 1.82) is 0 Å². The first-order valence-electron chi connectivity index (χ1n) is 3.57. The maximum atomic E-state index is 10.6. The molecule has 0 saturated heterocycles. The molecule has 1 fully saturated rings. The molecule has 1 aliphatic rings. The zero-order valence-electron chi connectivity index (χ0n) is 6.36. The summed E-state index contributed by atoms with van der Waals surface area (Å²) in [5.41, 5.74) is 0. The van der Waals surface area contributed by atoms with Crippen LogP contribution < -0.4 is 0 Å². The maximum Gasteiger partial charge on any atom is 0.326 e. The van der Waals surface area contributed by atoms with E-state index >= 15 is 0 Å². The highest BCUT2D eigenvalue weighted by Crippen LogP contribution is 2.34. The van der Waals surface area contributed by atoms with E-state index in [1.165, 1.54) is 11.9 Å². The molecule has 4 heteroatoms. The third-order valence-corrected chi connectivity index (χ3v) is 1.93. The number of aliphatic carboxylic acids is 1. The quantitative estimate of drug-likeness (QED) is 0.581. The van der Waals surface area contributed by atoms with Gasteiger partial charge in [0.25, 0.3) is 0 Å². The minimum absolute atomic E-state index is 0.183. The topological polar surface area (TPSA) is 57.6 Å². The molecule has 0 radical (unpaired) electrons. The lowest BCUT2D eigenvalue weighted by Crippen LogP contribution is -2.39. The fraction of sp³-hybridized carbons (Fsp3) is 0.714. The van der Waals surface area contributed by atoms with E-state index in [0.717, 1.165) is 12.8 Å². The molecule has 4 nitrogen and oxygen atoms in total. The molecular formula is C7H11NO3. The Kier molecular flexibility index (Phi) is 2.12. The lowest BCUT2D eigenvalue weighted by molar-refractivity contribution is -0.146. The molecule has 1 unspecified atom stereocenters. The van der Waals surface area contributed by atoms with E-state index in [2.05, 4.69) is 0 Å². The summed E-state index contributed by atoms with van der Waals surface area (Å²) in [4.78, 5) is 22.0. The molecule has 0 aromatic rings. The molecule has 1 saturated carbocycles. The van der Waals surface area contributed by atoms with Gasteiger partial charge in [0, 0.05) is 7.05 Å². The predicted octanol–water partition coefficient (Wildman–Crippen LogP) is -0.0622. The summed E-state index contributed by atoms with van der Waals surface area (Å²) in [5.74, 6) is -0.718. The number of hydrogen-bond acceptors (Lipinski definition) is 2. The van der Waals surface area contributed by atoms with Crippen molar-refractivity contribution in [2.75, 3.05) is 7.05 Å². The predicted molar refractivity (Wildman–Crippen MR) is 38.0 cm³/mol. The first-order chi connectivity index (χ1) is 5.16. The van der Waals surface area contributed by atoms with Gasteiger partial charge in [0.2, 0.25) is 6.41 Å². The van der Waals surface area contributed by atoms with Crippen LogP contribution in [-0.4, -0.2) is 35.5 Å².